The van der Waals surface area contributed by atoms with Crippen LogP contribution in [0.2, 0.25) is 0 Å². The third kappa shape index (κ3) is 3.04. The second kappa shape index (κ2) is 7.18. The van der Waals surface area contributed by atoms with Crippen molar-refractivity contribution in [3.05, 3.63) is 78.2 Å². The van der Waals surface area contributed by atoms with E-state index in [1.165, 1.54) is 27.6 Å². The molecule has 1 unspecified atom stereocenters. The number of rotatable bonds is 6. The van der Waals surface area contributed by atoms with Gasteiger partial charge in [0.1, 0.15) is 0 Å². The highest BCUT2D eigenvalue weighted by molar-refractivity contribution is 5.98. The largest absolute Gasteiger partial charge is 0.361 e. The molecule has 1 atom stereocenters. The number of aromatic amines is 1. The van der Waals surface area contributed by atoms with Gasteiger partial charge in [0.05, 0.1) is 6.20 Å². The molecule has 0 saturated heterocycles. The van der Waals surface area contributed by atoms with Gasteiger partial charge < -0.3 is 10.3 Å². The Kier molecular flexibility index (Phi) is 4.59. The van der Waals surface area contributed by atoms with Gasteiger partial charge in [-0.05, 0) is 42.8 Å². The highest BCUT2D eigenvalue weighted by Crippen LogP contribution is 2.38. The van der Waals surface area contributed by atoms with Crippen LogP contribution in [0.4, 0.5) is 0 Å². The molecule has 0 saturated carbocycles. The smallest absolute Gasteiger partial charge is 0.0568 e. The topological polar surface area (TPSA) is 45.6 Å². The van der Waals surface area contributed by atoms with Crippen LogP contribution >= 0.6 is 0 Å². The van der Waals surface area contributed by atoms with E-state index < -0.39 is 0 Å². The lowest BCUT2D eigenvalue weighted by atomic mass is 9.86. The van der Waals surface area contributed by atoms with Gasteiger partial charge >= 0.3 is 0 Å². The van der Waals surface area contributed by atoms with E-state index in [0.29, 0.717) is 5.92 Å². The molecule has 2 heterocycles. The van der Waals surface area contributed by atoms with Crippen molar-refractivity contribution in [2.75, 3.05) is 13.6 Å². The molecule has 4 rings (SSSR count). The van der Waals surface area contributed by atoms with E-state index in [0.717, 1.165) is 18.5 Å². The number of hydrogen-bond donors (Lipinski definition) is 2. The summed E-state index contributed by atoms with van der Waals surface area (Å²) in [6, 6.07) is 17.2. The lowest BCUT2D eigenvalue weighted by Crippen LogP contribution is -2.13. The highest BCUT2D eigenvalue weighted by Gasteiger charge is 2.20. The molecule has 2 N–H and O–H groups in total. The molecule has 132 valence electrons. The summed E-state index contributed by atoms with van der Waals surface area (Å²) < 4.78 is 1.86. The van der Waals surface area contributed by atoms with Gasteiger partial charge in [-0.25, -0.2) is 0 Å². The number of aryl methyl sites for hydroxylation is 1. The van der Waals surface area contributed by atoms with Crippen LogP contribution in [0.1, 0.15) is 23.5 Å². The Hall–Kier alpha value is -2.85. The van der Waals surface area contributed by atoms with Crippen molar-refractivity contribution in [1.82, 2.24) is 20.1 Å². The lowest BCUT2D eigenvalue weighted by molar-refractivity contribution is 0.664. The molecule has 0 aliphatic heterocycles. The van der Waals surface area contributed by atoms with Gasteiger partial charge in [0, 0.05) is 41.8 Å². The van der Waals surface area contributed by atoms with Gasteiger partial charge in [-0.2, -0.15) is 5.10 Å². The van der Waals surface area contributed by atoms with Crippen LogP contribution in [0.15, 0.2) is 67.1 Å². The van der Waals surface area contributed by atoms with Crippen LogP contribution in [0, 0.1) is 0 Å². The summed E-state index contributed by atoms with van der Waals surface area (Å²) in [6.45, 7) is 0.974. The van der Waals surface area contributed by atoms with E-state index in [-0.39, 0.29) is 0 Å². The first-order valence-corrected chi connectivity index (χ1v) is 9.06. The Labute approximate surface area is 153 Å². The van der Waals surface area contributed by atoms with Gasteiger partial charge in [0.15, 0.2) is 0 Å². The van der Waals surface area contributed by atoms with E-state index in [1.807, 2.05) is 25.0 Å². The molecule has 2 aromatic heterocycles. The molecule has 0 radical (unpaired) electrons. The van der Waals surface area contributed by atoms with Gasteiger partial charge in [0.2, 0.25) is 0 Å². The van der Waals surface area contributed by atoms with Crippen molar-refractivity contribution in [1.29, 1.82) is 0 Å². The minimum atomic E-state index is 0.343. The zero-order chi connectivity index (χ0) is 17.9. The number of fused-ring (bicyclic) bond motifs is 1. The van der Waals surface area contributed by atoms with Gasteiger partial charge in [-0.15, -0.1) is 0 Å². The third-order valence-electron chi connectivity index (χ3n) is 5.01. The highest BCUT2D eigenvalue weighted by atomic mass is 15.2. The number of nitrogens with one attached hydrogen (secondary N) is 2. The Morgan fingerprint density at radius 3 is 2.69 bits per heavy atom. The number of nitrogens with zero attached hydrogens (tertiary/aromatic N) is 2. The molecule has 0 bridgehead atoms. The second-order valence-corrected chi connectivity index (χ2v) is 6.73. The monoisotopic (exact) mass is 344 g/mol. The first kappa shape index (κ1) is 16.6. The molecule has 26 heavy (non-hydrogen) atoms. The minimum Gasteiger partial charge on any atom is -0.361 e. The SMILES string of the molecule is CNCCC(c1ccccc1)c1c[nH]c2cccc(-c3cnn(C)c3)c12. The summed E-state index contributed by atoms with van der Waals surface area (Å²) >= 11 is 0. The predicted molar refractivity (Wildman–Crippen MR) is 107 cm³/mol. The molecule has 4 heteroatoms. The molecule has 4 nitrogen and oxygen atoms in total. The summed E-state index contributed by atoms with van der Waals surface area (Å²) in [7, 11) is 3.97. The number of benzene rings is 2. The molecule has 0 spiro atoms. The van der Waals surface area contributed by atoms with E-state index in [1.54, 1.807) is 0 Å². The van der Waals surface area contributed by atoms with E-state index in [4.69, 9.17) is 0 Å². The van der Waals surface area contributed by atoms with Crippen molar-refractivity contribution in [3.8, 4) is 11.1 Å². The summed E-state index contributed by atoms with van der Waals surface area (Å²) in [5.41, 5.74) is 6.26. The molecular formula is C22H24N4. The fourth-order valence-electron chi connectivity index (χ4n) is 3.76. The van der Waals surface area contributed by atoms with Crippen LogP contribution in [-0.2, 0) is 7.05 Å². The first-order valence-electron chi connectivity index (χ1n) is 9.06. The van der Waals surface area contributed by atoms with E-state index in [9.17, 15) is 0 Å². The molecule has 4 aromatic rings. The number of H-pyrrole nitrogens is 1. The van der Waals surface area contributed by atoms with Gasteiger partial charge in [-0.3, -0.25) is 4.68 Å². The van der Waals surface area contributed by atoms with E-state index >= 15 is 0 Å². The first-order chi connectivity index (χ1) is 12.8. The van der Waals surface area contributed by atoms with Crippen LogP contribution in [0.5, 0.6) is 0 Å². The summed E-state index contributed by atoms with van der Waals surface area (Å²) in [6.07, 6.45) is 7.25. The third-order valence-corrected chi connectivity index (χ3v) is 5.01. The molecule has 0 aliphatic rings. The predicted octanol–water partition coefficient (Wildman–Crippen LogP) is 4.31. The van der Waals surface area contributed by atoms with Crippen LogP contribution < -0.4 is 5.32 Å². The standard InChI is InChI=1S/C22H24N4/c1-23-12-11-18(16-7-4-3-5-8-16)20-14-24-21-10-6-9-19(22(20)21)17-13-25-26(2)15-17/h3-10,13-15,18,23-24H,11-12H2,1-2H3. The summed E-state index contributed by atoms with van der Waals surface area (Å²) in [5, 5.41) is 8.96. The normalized spacial score (nSPS) is 12.5. The van der Waals surface area contributed by atoms with Crippen LogP contribution in [0.3, 0.4) is 0 Å². The van der Waals surface area contributed by atoms with E-state index in [2.05, 4.69) is 76.3 Å². The summed E-state index contributed by atoms with van der Waals surface area (Å²) in [5.74, 6) is 0.343. The van der Waals surface area contributed by atoms with Gasteiger partial charge in [-0.1, -0.05) is 42.5 Å². The minimum absolute atomic E-state index is 0.343. The molecular weight excluding hydrogens is 320 g/mol. The zero-order valence-corrected chi connectivity index (χ0v) is 15.2. The Morgan fingerprint density at radius 2 is 1.96 bits per heavy atom. The lowest BCUT2D eigenvalue weighted by Gasteiger charge is -2.18. The van der Waals surface area contributed by atoms with Crippen molar-refractivity contribution in [3.63, 3.8) is 0 Å². The quantitative estimate of drug-likeness (QED) is 0.547. The molecule has 0 amide bonds. The summed E-state index contributed by atoms with van der Waals surface area (Å²) in [4.78, 5) is 3.48. The Bertz CT molecular complexity index is 997. The molecule has 2 aromatic carbocycles. The maximum absolute atomic E-state index is 4.36. The molecule has 0 fully saturated rings. The van der Waals surface area contributed by atoms with Gasteiger partial charge in [0.25, 0.3) is 0 Å². The van der Waals surface area contributed by atoms with Crippen molar-refractivity contribution in [2.45, 2.75) is 12.3 Å². The second-order valence-electron chi connectivity index (χ2n) is 6.73. The maximum atomic E-state index is 4.36. The number of hydrogen-bond acceptors (Lipinski definition) is 2. The van der Waals surface area contributed by atoms with Crippen molar-refractivity contribution >= 4 is 10.9 Å². The Morgan fingerprint density at radius 1 is 1.12 bits per heavy atom. The average molecular weight is 344 g/mol. The molecule has 0 aliphatic carbocycles. The van der Waals surface area contributed by atoms with Crippen molar-refractivity contribution in [2.24, 2.45) is 7.05 Å². The maximum Gasteiger partial charge on any atom is 0.0568 e. The number of aromatic nitrogens is 3. The fraction of sp³-hybridized carbons (Fsp3) is 0.227. The fourth-order valence-corrected chi connectivity index (χ4v) is 3.76. The van der Waals surface area contributed by atoms with Crippen LogP contribution in [-0.4, -0.2) is 28.4 Å². The van der Waals surface area contributed by atoms with Crippen molar-refractivity contribution < 1.29 is 0 Å². The zero-order valence-electron chi connectivity index (χ0n) is 15.2. The average Bonchev–Trinajstić information content (AvgIpc) is 3.30. The Balaban J connectivity index is 1.89. The van der Waals surface area contributed by atoms with Crippen LogP contribution in [0.25, 0.3) is 22.0 Å².